The van der Waals surface area contributed by atoms with E-state index in [1.165, 1.54) is 31.4 Å². The van der Waals surface area contributed by atoms with Gasteiger partial charge < -0.3 is 15.8 Å². The fourth-order valence-corrected chi connectivity index (χ4v) is 1.92. The van der Waals surface area contributed by atoms with Crippen LogP contribution in [0, 0.1) is 11.6 Å². The number of nitrogens with one attached hydrogen (secondary N) is 1. The molecule has 0 saturated heterocycles. The van der Waals surface area contributed by atoms with E-state index in [4.69, 9.17) is 10.5 Å². The molecule has 3 nitrogen and oxygen atoms in total. The summed E-state index contributed by atoms with van der Waals surface area (Å²) in [5, 5.41) is 2.95. The van der Waals surface area contributed by atoms with E-state index in [9.17, 15) is 8.78 Å². The summed E-state index contributed by atoms with van der Waals surface area (Å²) in [5.41, 5.74) is 7.01. The number of anilines is 2. The van der Waals surface area contributed by atoms with Gasteiger partial charge in [-0.3, -0.25) is 0 Å². The Morgan fingerprint density at radius 3 is 2.70 bits per heavy atom. The van der Waals surface area contributed by atoms with Crippen LogP contribution in [0.25, 0.3) is 0 Å². The van der Waals surface area contributed by atoms with Crippen LogP contribution in [0.2, 0.25) is 0 Å². The molecule has 0 saturated carbocycles. The van der Waals surface area contributed by atoms with Gasteiger partial charge in [-0.1, -0.05) is 12.1 Å². The van der Waals surface area contributed by atoms with Crippen LogP contribution in [0.3, 0.4) is 0 Å². The first-order chi connectivity index (χ1) is 9.60. The molecule has 2 aromatic rings. The summed E-state index contributed by atoms with van der Waals surface area (Å²) >= 11 is 0. The number of hydrogen-bond acceptors (Lipinski definition) is 3. The molecule has 3 N–H and O–H groups in total. The highest BCUT2D eigenvalue weighted by Crippen LogP contribution is 2.28. The zero-order valence-electron chi connectivity index (χ0n) is 11.1. The maximum absolute atomic E-state index is 13.7. The van der Waals surface area contributed by atoms with Crippen molar-refractivity contribution >= 4 is 11.4 Å². The number of hydrogen-bond donors (Lipinski definition) is 2. The molecule has 0 unspecified atom stereocenters. The highest BCUT2D eigenvalue weighted by Gasteiger charge is 2.08. The Morgan fingerprint density at radius 1 is 1.20 bits per heavy atom. The Balaban J connectivity index is 2.00. The second kappa shape index (κ2) is 6.23. The van der Waals surface area contributed by atoms with Crippen LogP contribution in [0.1, 0.15) is 5.56 Å². The largest absolute Gasteiger partial charge is 0.495 e. The van der Waals surface area contributed by atoms with Crippen LogP contribution >= 0.6 is 0 Å². The summed E-state index contributed by atoms with van der Waals surface area (Å²) in [7, 11) is 1.47. The van der Waals surface area contributed by atoms with Gasteiger partial charge >= 0.3 is 0 Å². The molecule has 5 heteroatoms. The second-order valence-electron chi connectivity index (χ2n) is 4.38. The summed E-state index contributed by atoms with van der Waals surface area (Å²) in [6.07, 6.45) is 0.587. The topological polar surface area (TPSA) is 47.3 Å². The Bertz CT molecular complexity index is 602. The number of nitrogen functional groups attached to an aromatic ring is 1. The summed E-state index contributed by atoms with van der Waals surface area (Å²) in [6, 6.07) is 9.05. The van der Waals surface area contributed by atoms with Crippen LogP contribution in [0.5, 0.6) is 5.75 Å². The van der Waals surface area contributed by atoms with E-state index >= 15 is 0 Å². The van der Waals surface area contributed by atoms with Crippen molar-refractivity contribution in [2.24, 2.45) is 0 Å². The van der Waals surface area contributed by atoms with E-state index in [2.05, 4.69) is 5.32 Å². The highest BCUT2D eigenvalue weighted by molar-refractivity contribution is 5.62. The molecule has 0 aromatic heterocycles. The molecule has 2 rings (SSSR count). The molecule has 0 spiro atoms. The van der Waals surface area contributed by atoms with E-state index < -0.39 is 5.82 Å². The number of benzene rings is 2. The van der Waals surface area contributed by atoms with Crippen molar-refractivity contribution in [3.8, 4) is 5.75 Å². The summed E-state index contributed by atoms with van der Waals surface area (Å²) in [4.78, 5) is 0. The van der Waals surface area contributed by atoms with Gasteiger partial charge in [-0.15, -0.1) is 0 Å². The van der Waals surface area contributed by atoms with Gasteiger partial charge in [0, 0.05) is 18.7 Å². The van der Waals surface area contributed by atoms with Crippen molar-refractivity contribution in [3.05, 3.63) is 53.6 Å². The first-order valence-electron chi connectivity index (χ1n) is 6.21. The lowest BCUT2D eigenvalue weighted by Crippen LogP contribution is -2.07. The minimum Gasteiger partial charge on any atom is -0.495 e. The van der Waals surface area contributed by atoms with E-state index in [-0.39, 0.29) is 11.5 Å². The number of methoxy groups -OCH3 is 1. The molecule has 20 heavy (non-hydrogen) atoms. The van der Waals surface area contributed by atoms with Gasteiger partial charge in [-0.25, -0.2) is 8.78 Å². The predicted molar refractivity (Wildman–Crippen MR) is 76.0 cm³/mol. The fourth-order valence-electron chi connectivity index (χ4n) is 1.92. The van der Waals surface area contributed by atoms with Crippen molar-refractivity contribution in [1.29, 1.82) is 0 Å². The molecule has 0 bridgehead atoms. The molecule has 0 aliphatic carbocycles. The van der Waals surface area contributed by atoms with Gasteiger partial charge in [0.15, 0.2) is 0 Å². The quantitative estimate of drug-likeness (QED) is 0.826. The lowest BCUT2D eigenvalue weighted by Gasteiger charge is -2.11. The summed E-state index contributed by atoms with van der Waals surface area (Å²) in [6.45, 7) is 0.480. The number of halogens is 2. The lowest BCUT2D eigenvalue weighted by molar-refractivity contribution is 0.416. The third-order valence-electron chi connectivity index (χ3n) is 2.94. The Labute approximate surface area is 116 Å². The normalized spacial score (nSPS) is 10.3. The minimum absolute atomic E-state index is 0.251. The van der Waals surface area contributed by atoms with E-state index in [1.54, 1.807) is 6.07 Å². The van der Waals surface area contributed by atoms with E-state index in [1.807, 2.05) is 6.07 Å². The molecule has 106 valence electrons. The van der Waals surface area contributed by atoms with Gasteiger partial charge in [-0.2, -0.15) is 0 Å². The van der Waals surface area contributed by atoms with Crippen molar-refractivity contribution in [3.63, 3.8) is 0 Å². The van der Waals surface area contributed by atoms with Gasteiger partial charge in [0.25, 0.3) is 0 Å². The van der Waals surface area contributed by atoms with Crippen molar-refractivity contribution < 1.29 is 13.5 Å². The SMILES string of the molecule is COc1cc(NCCc2cccc(F)c2)c(F)cc1N. The Hall–Kier alpha value is -2.30. The van der Waals surface area contributed by atoms with Crippen LogP contribution in [-0.2, 0) is 6.42 Å². The third-order valence-corrected chi connectivity index (χ3v) is 2.94. The zero-order valence-corrected chi connectivity index (χ0v) is 11.1. The van der Waals surface area contributed by atoms with Crippen LogP contribution < -0.4 is 15.8 Å². The van der Waals surface area contributed by atoms with Gasteiger partial charge in [0.05, 0.1) is 18.5 Å². The van der Waals surface area contributed by atoms with Gasteiger partial charge in [-0.05, 0) is 24.1 Å². The molecule has 0 aliphatic heterocycles. The molecular weight excluding hydrogens is 262 g/mol. The van der Waals surface area contributed by atoms with Gasteiger partial charge in [0.2, 0.25) is 0 Å². The molecule has 2 aromatic carbocycles. The highest BCUT2D eigenvalue weighted by atomic mass is 19.1. The standard InChI is InChI=1S/C15H16F2N2O/c1-20-15-9-14(12(17)8-13(15)18)19-6-5-10-3-2-4-11(16)7-10/h2-4,7-9,19H,5-6,18H2,1H3. The molecule has 0 amide bonds. The molecule has 0 heterocycles. The monoisotopic (exact) mass is 278 g/mol. The van der Waals surface area contributed by atoms with Crippen LogP contribution in [0.15, 0.2) is 36.4 Å². The van der Waals surface area contributed by atoms with Gasteiger partial charge in [0.1, 0.15) is 17.4 Å². The molecule has 0 radical (unpaired) electrons. The average molecular weight is 278 g/mol. The molecule has 0 atom stereocenters. The Kier molecular flexibility index (Phi) is 4.40. The van der Waals surface area contributed by atoms with Crippen molar-refractivity contribution in [1.82, 2.24) is 0 Å². The van der Waals surface area contributed by atoms with Crippen LogP contribution in [-0.4, -0.2) is 13.7 Å². The van der Waals surface area contributed by atoms with Crippen molar-refractivity contribution in [2.45, 2.75) is 6.42 Å². The molecular formula is C15H16F2N2O. The minimum atomic E-state index is -0.442. The number of ether oxygens (including phenoxy) is 1. The smallest absolute Gasteiger partial charge is 0.148 e. The Morgan fingerprint density at radius 2 is 2.00 bits per heavy atom. The molecule has 0 aliphatic rings. The number of rotatable bonds is 5. The fraction of sp³-hybridized carbons (Fsp3) is 0.200. The second-order valence-corrected chi connectivity index (χ2v) is 4.38. The average Bonchev–Trinajstić information content (AvgIpc) is 2.41. The zero-order chi connectivity index (χ0) is 14.5. The maximum Gasteiger partial charge on any atom is 0.148 e. The predicted octanol–water partition coefficient (Wildman–Crippen LogP) is 3.21. The molecule has 0 fully saturated rings. The first-order valence-corrected chi connectivity index (χ1v) is 6.21. The lowest BCUT2D eigenvalue weighted by atomic mass is 10.1. The summed E-state index contributed by atoms with van der Waals surface area (Å²) in [5.74, 6) is -0.301. The third kappa shape index (κ3) is 3.38. The summed E-state index contributed by atoms with van der Waals surface area (Å²) < 4.78 is 31.8. The van der Waals surface area contributed by atoms with Crippen molar-refractivity contribution in [2.75, 3.05) is 24.7 Å². The first kappa shape index (κ1) is 14.1. The maximum atomic E-state index is 13.7. The number of nitrogens with two attached hydrogens (primary N) is 1. The van der Waals surface area contributed by atoms with E-state index in [0.717, 1.165) is 5.56 Å². The van der Waals surface area contributed by atoms with E-state index in [0.29, 0.717) is 24.4 Å². The van der Waals surface area contributed by atoms with Crippen LogP contribution in [0.4, 0.5) is 20.2 Å².